The minimum atomic E-state index is -3.71. The molecule has 40 heteroatoms. The van der Waals surface area contributed by atoms with Gasteiger partial charge in [-0.2, -0.15) is 5.26 Å². The van der Waals surface area contributed by atoms with Gasteiger partial charge in [0.2, 0.25) is 5.91 Å². The molecule has 6 aromatic carbocycles. The maximum absolute atomic E-state index is 13.7. The van der Waals surface area contributed by atoms with E-state index in [9.17, 15) is 62.0 Å². The SMILES string of the molecule is C.CC(=O)OO.CCOC(=O)[C@H](C)OP(=O)(CCNC(C)=O)Oc1ccccc1.CCOC(=O)[C@H](C)OP(=O)(CCNC/C(C)=C/Cc1c(O)c2c(c(C)c1OC)COC2=O)Oc1ccccc1.CCOC(=O)[C@H](C)OP(=O)(CCNC/C(C)=C/Cc1c(OC)c(C)c2c(c1OCC[Si](C)(C)C)C(=O)OC2)Oc1ccccc1.COc1c(C)c2c(c(OCC[Si](C)(C)C)c1C/C=C(\C)C=O)C(=O)OC2. The summed E-state index contributed by atoms with van der Waals surface area (Å²) < 4.78 is 134. The number of amides is 1. The summed E-state index contributed by atoms with van der Waals surface area (Å²) in [5, 5.41) is 27.1. The van der Waals surface area contributed by atoms with Crippen LogP contribution in [0.5, 0.6) is 51.7 Å². The summed E-state index contributed by atoms with van der Waals surface area (Å²) in [6.45, 7) is 40.8. The molecule has 0 bridgehead atoms. The number of phenols is 1. The molecule has 768 valence electrons. The van der Waals surface area contributed by atoms with E-state index in [0.717, 1.165) is 75.4 Å². The number of phenolic OH excluding ortho intramolecular Hbond substituents is 1. The number of aldehydes is 1. The number of carbonyl (C=O) groups excluding carboxylic acids is 9. The van der Waals surface area contributed by atoms with Crippen LogP contribution in [-0.4, -0.2) is 204 Å². The number of hydrogen-bond acceptors (Lipinski definition) is 34. The largest absolute Gasteiger partial charge is 0.507 e. The third-order valence-corrected chi connectivity index (χ3v) is 29.9. The van der Waals surface area contributed by atoms with E-state index in [2.05, 4.69) is 66.2 Å². The van der Waals surface area contributed by atoms with Crippen molar-refractivity contribution in [3.8, 4) is 51.7 Å². The minimum Gasteiger partial charge on any atom is -0.507 e. The Bertz CT molecular complexity index is 5350. The third-order valence-electron chi connectivity index (χ3n) is 20.8. The first kappa shape index (κ1) is 120. The molecule has 0 aromatic heterocycles. The highest BCUT2D eigenvalue weighted by Crippen LogP contribution is 2.53. The summed E-state index contributed by atoms with van der Waals surface area (Å²) >= 11 is 0. The molecule has 0 saturated heterocycles. The summed E-state index contributed by atoms with van der Waals surface area (Å²) in [4.78, 5) is 107. The molecular formula is C99H142N3O32P3Si2. The number of fused-ring (bicyclic) bond motifs is 3. The second-order valence-corrected chi connectivity index (χ2v) is 51.9. The monoisotopic (exact) mass is 2030 g/mol. The van der Waals surface area contributed by atoms with Crippen molar-refractivity contribution in [2.45, 2.75) is 213 Å². The Morgan fingerprint density at radius 2 is 0.770 bits per heavy atom. The Hall–Kier alpha value is -10.9. The highest BCUT2D eigenvalue weighted by molar-refractivity contribution is 7.55. The highest BCUT2D eigenvalue weighted by Gasteiger charge is 2.40. The molecular weight excluding hydrogens is 1890 g/mol. The van der Waals surface area contributed by atoms with E-state index in [1.165, 1.54) is 34.8 Å². The highest BCUT2D eigenvalue weighted by atomic mass is 31.2. The van der Waals surface area contributed by atoms with E-state index >= 15 is 0 Å². The van der Waals surface area contributed by atoms with Crippen LogP contribution in [0.15, 0.2) is 126 Å². The third kappa shape index (κ3) is 39.2. The van der Waals surface area contributed by atoms with Crippen molar-refractivity contribution in [2.24, 2.45) is 0 Å². The van der Waals surface area contributed by atoms with Gasteiger partial charge in [0.05, 0.1) is 72.8 Å². The number of esters is 6. The first-order valence-corrected chi connectivity index (χ1v) is 57.9. The number of nitrogens with one attached hydrogen (secondary N) is 3. The summed E-state index contributed by atoms with van der Waals surface area (Å²) in [6.07, 6.45) is 4.71. The molecule has 0 radical (unpaired) electrons. The van der Waals surface area contributed by atoms with Gasteiger partial charge in [-0.15, -0.1) is 0 Å². The predicted molar refractivity (Wildman–Crippen MR) is 534 cm³/mol. The van der Waals surface area contributed by atoms with Gasteiger partial charge in [-0.25, -0.2) is 47.3 Å². The molecule has 139 heavy (non-hydrogen) atoms. The quantitative estimate of drug-likeness (QED) is 0.00226. The van der Waals surface area contributed by atoms with Crippen LogP contribution in [0.1, 0.15) is 165 Å². The van der Waals surface area contributed by atoms with Gasteiger partial charge in [0.1, 0.15) is 94.5 Å². The van der Waals surface area contributed by atoms with Crippen molar-refractivity contribution in [1.29, 1.82) is 0 Å². The van der Waals surface area contributed by atoms with Gasteiger partial charge >= 0.3 is 64.6 Å². The number of aromatic hydroxyl groups is 1. The number of para-hydroxylation sites is 3. The van der Waals surface area contributed by atoms with E-state index in [1.807, 2.05) is 58.9 Å². The number of ether oxygens (including phenoxy) is 11. The zero-order valence-electron chi connectivity index (χ0n) is 83.5. The van der Waals surface area contributed by atoms with Crippen LogP contribution in [0, 0.1) is 20.8 Å². The van der Waals surface area contributed by atoms with Crippen LogP contribution in [0.25, 0.3) is 0 Å². The van der Waals surface area contributed by atoms with E-state index in [-0.39, 0.29) is 108 Å². The molecule has 3 aliphatic rings. The minimum absolute atomic E-state index is 0. The fourth-order valence-corrected chi connectivity index (χ4v) is 20.0. The molecule has 6 aromatic rings. The van der Waals surface area contributed by atoms with Crippen LogP contribution >= 0.6 is 22.8 Å². The fourth-order valence-electron chi connectivity index (χ4n) is 13.6. The zero-order valence-corrected chi connectivity index (χ0v) is 88.2. The van der Waals surface area contributed by atoms with Gasteiger partial charge in [0, 0.05) is 96.1 Å². The van der Waals surface area contributed by atoms with Crippen molar-refractivity contribution >= 4 is 92.9 Å². The topological polar surface area (TPSA) is 448 Å². The second kappa shape index (κ2) is 59.0. The van der Waals surface area contributed by atoms with Gasteiger partial charge in [-0.3, -0.25) is 23.2 Å². The molecule has 6 atom stereocenters. The van der Waals surface area contributed by atoms with Crippen LogP contribution in [0.2, 0.25) is 51.4 Å². The summed E-state index contributed by atoms with van der Waals surface area (Å²) in [6, 6.07) is 27.8. The Labute approximate surface area is 818 Å². The second-order valence-electron chi connectivity index (χ2n) is 34.4. The number of carbonyl (C=O) groups is 9. The maximum atomic E-state index is 13.7. The van der Waals surface area contributed by atoms with Crippen LogP contribution in [0.3, 0.4) is 0 Å². The molecule has 3 aliphatic heterocycles. The number of hydrogen-bond donors (Lipinski definition) is 5. The summed E-state index contributed by atoms with van der Waals surface area (Å²) in [5.41, 5.74) is 10.7. The van der Waals surface area contributed by atoms with Gasteiger partial charge < -0.3 is 91.6 Å². The van der Waals surface area contributed by atoms with Crippen LogP contribution in [-0.2, 0) is 128 Å². The van der Waals surface area contributed by atoms with E-state index in [1.54, 1.807) is 121 Å². The molecule has 3 unspecified atom stereocenters. The number of benzene rings is 6. The average molecular weight is 2040 g/mol. The molecule has 0 aliphatic carbocycles. The predicted octanol–water partition coefficient (Wildman–Crippen LogP) is 18.5. The van der Waals surface area contributed by atoms with Crippen LogP contribution < -0.4 is 53.2 Å². The van der Waals surface area contributed by atoms with Gasteiger partial charge in [0.15, 0.2) is 18.3 Å². The van der Waals surface area contributed by atoms with E-state index in [0.29, 0.717) is 126 Å². The Morgan fingerprint density at radius 1 is 0.468 bits per heavy atom. The first-order valence-electron chi connectivity index (χ1n) is 45.3. The normalized spacial score (nSPS) is 14.4. The molecule has 1 amide bonds. The van der Waals surface area contributed by atoms with Crippen molar-refractivity contribution in [1.82, 2.24) is 16.0 Å². The number of allylic oxidation sites excluding steroid dienone is 4. The zero-order chi connectivity index (χ0) is 103. The standard InChI is InChI=1S/C33H48NO9PSi.C28H36NO9P.C20H28O5Si.C15H22NO6P.C2H4O3.CH4/c1-9-39-32(35)25(4)42-44(37,43-26-13-11-10-12-14-26)19-17-34-21-23(2)15-16-27-30(38-5)24(3)28-22-41-33(36)29(28)31(27)40-18-20-45(6,7)8;1-6-35-27(31)20(4)37-39(33,38-21-10-8-7-9-11-21)15-14-29-16-18(2)12-13-22-25(30)24-23(17-36-28(24)32)19(3)26(22)34-5;1-13(11-21)7-8-15-18(23-3)14(2)16-12-25-20(22)17(16)19(15)24-9-10-26(4,5)6;1-4-20-15(18)12(2)21-23(19,11-10-16-13(3)17)22-14-8-6-5-7-9-14;1-2(3)5-4;/h10-15,25,34H,9,16-22H2,1-8H3;7-12,20,29-30H,6,13-17H2,1-5H3;7,11H,8-10,12H2,1-6H3;5-9,12H,4,10-11H2,1-3H3,(H,16,17);4H,1H3;1H4/b23-15+;18-12+;13-7+;;;/t25-,44?;20-,39?;;12-,23?;;/m00.0../s1. The molecule has 0 saturated carbocycles. The number of methoxy groups -OCH3 is 3. The number of rotatable bonds is 49. The lowest BCUT2D eigenvalue weighted by atomic mass is 9.95. The number of cyclic esters (lactones) is 3. The Morgan fingerprint density at radius 3 is 1.07 bits per heavy atom. The van der Waals surface area contributed by atoms with Gasteiger partial charge in [0.25, 0.3) is 0 Å². The molecule has 9 rings (SSSR count). The van der Waals surface area contributed by atoms with Gasteiger partial charge in [-0.05, 0) is 173 Å². The lowest BCUT2D eigenvalue weighted by molar-refractivity contribution is -0.231. The van der Waals surface area contributed by atoms with E-state index in [4.69, 9.17) is 84.5 Å². The average Bonchev–Trinajstić information content (AvgIpc) is 1.64. The van der Waals surface area contributed by atoms with Crippen molar-refractivity contribution in [3.63, 3.8) is 0 Å². The lowest BCUT2D eigenvalue weighted by Crippen LogP contribution is -2.27. The molecule has 35 nitrogen and oxygen atoms in total. The lowest BCUT2D eigenvalue weighted by Gasteiger charge is -2.22. The van der Waals surface area contributed by atoms with Crippen molar-refractivity contribution in [2.75, 3.05) is 106 Å². The molecule has 5 N–H and O–H groups in total. The Balaban J connectivity index is 0.000000391. The molecule has 0 spiro atoms. The molecule has 0 fully saturated rings. The summed E-state index contributed by atoms with van der Waals surface area (Å²) in [7, 11) is -8.96. The molecule has 3 heterocycles. The van der Waals surface area contributed by atoms with Gasteiger partial charge in [-0.1, -0.05) is 131 Å². The first-order chi connectivity index (χ1) is 65.2. The fraction of sp³-hybridized carbons (Fsp3) is 0.485. The van der Waals surface area contributed by atoms with Crippen molar-refractivity contribution < 1.29 is 151 Å². The Kier molecular flexibility index (Phi) is 51.0. The summed E-state index contributed by atoms with van der Waals surface area (Å²) in [5.74, 6) is -0.0766. The van der Waals surface area contributed by atoms with E-state index < -0.39 is 87.1 Å². The van der Waals surface area contributed by atoms with Crippen LogP contribution in [0.4, 0.5) is 0 Å². The smallest absolute Gasteiger partial charge is 0.381 e. The van der Waals surface area contributed by atoms with Crippen molar-refractivity contribution in [3.05, 3.63) is 193 Å². The maximum Gasteiger partial charge on any atom is 0.381 e.